The van der Waals surface area contributed by atoms with Crippen molar-refractivity contribution in [2.24, 2.45) is 0 Å². The van der Waals surface area contributed by atoms with Crippen molar-refractivity contribution in [1.82, 2.24) is 10.3 Å². The van der Waals surface area contributed by atoms with Gasteiger partial charge < -0.3 is 10.2 Å². The van der Waals surface area contributed by atoms with E-state index in [0.29, 0.717) is 6.04 Å². The van der Waals surface area contributed by atoms with Gasteiger partial charge in [-0.2, -0.15) is 0 Å². The summed E-state index contributed by atoms with van der Waals surface area (Å²) in [7, 11) is 0. The Morgan fingerprint density at radius 2 is 2.15 bits per heavy atom. The van der Waals surface area contributed by atoms with Gasteiger partial charge in [0.2, 0.25) is 0 Å². The first kappa shape index (κ1) is 15.3. The summed E-state index contributed by atoms with van der Waals surface area (Å²) in [6, 6.07) is 5.40. The monoisotopic (exact) mass is 275 g/mol. The van der Waals surface area contributed by atoms with Gasteiger partial charge in [0.15, 0.2) is 0 Å². The minimum absolute atomic E-state index is 0.376. The summed E-state index contributed by atoms with van der Waals surface area (Å²) in [4.78, 5) is 7.25. The van der Waals surface area contributed by atoms with Crippen LogP contribution in [0.2, 0.25) is 0 Å². The molecule has 1 N–H and O–H groups in total. The van der Waals surface area contributed by atoms with Crippen molar-refractivity contribution < 1.29 is 0 Å². The maximum Gasteiger partial charge on any atom is 0.133 e. The van der Waals surface area contributed by atoms with Crippen LogP contribution in [0.5, 0.6) is 0 Å². The van der Waals surface area contributed by atoms with Gasteiger partial charge in [-0.05, 0) is 45.2 Å². The summed E-state index contributed by atoms with van der Waals surface area (Å²) in [5.74, 6) is 1.21. The first-order valence-electron chi connectivity index (χ1n) is 8.22. The Morgan fingerprint density at radius 3 is 2.80 bits per heavy atom. The third kappa shape index (κ3) is 3.95. The Labute approximate surface area is 123 Å². The summed E-state index contributed by atoms with van der Waals surface area (Å²) in [5.41, 5.74) is 1.35. The summed E-state index contributed by atoms with van der Waals surface area (Å²) in [6.07, 6.45) is 8.26. The highest BCUT2D eigenvalue weighted by molar-refractivity contribution is 5.50. The lowest BCUT2D eigenvalue weighted by atomic mass is 10.1. The molecule has 0 aliphatic heterocycles. The van der Waals surface area contributed by atoms with Crippen molar-refractivity contribution in [2.75, 3.05) is 18.0 Å². The van der Waals surface area contributed by atoms with Crippen LogP contribution in [-0.4, -0.2) is 24.1 Å². The fourth-order valence-corrected chi connectivity index (χ4v) is 2.63. The van der Waals surface area contributed by atoms with Crippen LogP contribution in [0.3, 0.4) is 0 Å². The Kier molecular flexibility index (Phi) is 5.84. The number of rotatable bonds is 9. The molecule has 0 spiro atoms. The van der Waals surface area contributed by atoms with Crippen molar-refractivity contribution in [3.8, 4) is 0 Å². The minimum atomic E-state index is 0.376. The zero-order valence-electron chi connectivity index (χ0n) is 13.2. The second kappa shape index (κ2) is 7.63. The highest BCUT2D eigenvalue weighted by Gasteiger charge is 2.31. The van der Waals surface area contributed by atoms with Gasteiger partial charge in [0.1, 0.15) is 5.82 Å². The molecule has 1 heterocycles. The van der Waals surface area contributed by atoms with E-state index in [1.54, 1.807) is 0 Å². The summed E-state index contributed by atoms with van der Waals surface area (Å²) >= 11 is 0. The second-order valence-corrected chi connectivity index (χ2v) is 5.87. The van der Waals surface area contributed by atoms with Crippen LogP contribution in [-0.2, 0) is 0 Å². The Balaban J connectivity index is 2.15. The number of hydrogen-bond donors (Lipinski definition) is 1. The van der Waals surface area contributed by atoms with Crippen LogP contribution in [0, 0.1) is 0 Å². The van der Waals surface area contributed by atoms with Gasteiger partial charge in [0, 0.05) is 30.4 Å². The van der Waals surface area contributed by atoms with E-state index in [2.05, 4.69) is 43.1 Å². The van der Waals surface area contributed by atoms with Crippen LogP contribution in [0.4, 0.5) is 5.82 Å². The Hall–Kier alpha value is -1.09. The molecular weight excluding hydrogens is 246 g/mol. The molecule has 1 saturated carbocycles. The normalized spacial score (nSPS) is 16.1. The van der Waals surface area contributed by atoms with Gasteiger partial charge >= 0.3 is 0 Å². The van der Waals surface area contributed by atoms with Gasteiger partial charge in [0.05, 0.1) is 0 Å². The molecule has 20 heavy (non-hydrogen) atoms. The van der Waals surface area contributed by atoms with Gasteiger partial charge in [-0.1, -0.05) is 26.3 Å². The van der Waals surface area contributed by atoms with E-state index < -0.39 is 0 Å². The van der Waals surface area contributed by atoms with Crippen molar-refractivity contribution in [3.63, 3.8) is 0 Å². The zero-order chi connectivity index (χ0) is 14.4. The van der Waals surface area contributed by atoms with Crippen molar-refractivity contribution >= 4 is 5.82 Å². The first-order valence-corrected chi connectivity index (χ1v) is 8.22. The quantitative estimate of drug-likeness (QED) is 0.740. The van der Waals surface area contributed by atoms with Crippen LogP contribution in [0.25, 0.3) is 0 Å². The number of hydrogen-bond acceptors (Lipinski definition) is 3. The standard InChI is InChI=1S/C17H29N3/c1-4-6-13-20(15-9-10-15)17-16(8-7-12-19-17)14(3)18-11-5-2/h7-8,12,14-15,18H,4-6,9-11,13H2,1-3H3. The number of aromatic nitrogens is 1. The average molecular weight is 275 g/mol. The van der Waals surface area contributed by atoms with Crippen LogP contribution in [0.15, 0.2) is 18.3 Å². The molecule has 1 aromatic heterocycles. The first-order chi connectivity index (χ1) is 9.77. The molecule has 2 rings (SSSR count). The Morgan fingerprint density at radius 1 is 1.35 bits per heavy atom. The SMILES string of the molecule is CCCCN(c1ncccc1C(C)NCCC)C1CC1. The summed E-state index contributed by atoms with van der Waals surface area (Å²) < 4.78 is 0. The van der Waals surface area contributed by atoms with Gasteiger partial charge in [-0.3, -0.25) is 0 Å². The highest BCUT2D eigenvalue weighted by atomic mass is 15.2. The molecule has 0 radical (unpaired) electrons. The van der Waals surface area contributed by atoms with E-state index in [1.807, 2.05) is 6.20 Å². The van der Waals surface area contributed by atoms with Crippen molar-refractivity contribution in [2.45, 2.75) is 65.0 Å². The number of nitrogens with zero attached hydrogens (tertiary/aromatic N) is 2. The number of pyridine rings is 1. The fraction of sp³-hybridized carbons (Fsp3) is 0.706. The molecule has 3 nitrogen and oxygen atoms in total. The molecule has 0 bridgehead atoms. The van der Waals surface area contributed by atoms with E-state index in [4.69, 9.17) is 4.98 Å². The van der Waals surface area contributed by atoms with E-state index >= 15 is 0 Å². The van der Waals surface area contributed by atoms with E-state index in [9.17, 15) is 0 Å². The van der Waals surface area contributed by atoms with Crippen LogP contribution >= 0.6 is 0 Å². The lowest BCUT2D eigenvalue weighted by Crippen LogP contribution is -2.30. The molecule has 112 valence electrons. The second-order valence-electron chi connectivity index (χ2n) is 5.87. The highest BCUT2D eigenvalue weighted by Crippen LogP contribution is 2.34. The Bertz CT molecular complexity index is 401. The smallest absolute Gasteiger partial charge is 0.133 e. The molecule has 1 atom stereocenters. The third-order valence-electron chi connectivity index (χ3n) is 4.00. The topological polar surface area (TPSA) is 28.2 Å². The number of nitrogens with one attached hydrogen (secondary N) is 1. The predicted molar refractivity (Wildman–Crippen MR) is 86.2 cm³/mol. The number of unbranched alkanes of at least 4 members (excludes halogenated alkanes) is 1. The van der Waals surface area contributed by atoms with E-state index in [1.165, 1.54) is 43.5 Å². The van der Waals surface area contributed by atoms with Gasteiger partial charge in [-0.25, -0.2) is 4.98 Å². The molecule has 0 saturated heterocycles. The largest absolute Gasteiger partial charge is 0.353 e. The maximum absolute atomic E-state index is 4.71. The molecule has 3 heteroatoms. The summed E-state index contributed by atoms with van der Waals surface area (Å²) in [5, 5.41) is 3.59. The van der Waals surface area contributed by atoms with Gasteiger partial charge in [-0.15, -0.1) is 0 Å². The predicted octanol–water partition coefficient (Wildman–Crippen LogP) is 3.91. The molecule has 1 aliphatic carbocycles. The van der Waals surface area contributed by atoms with Crippen LogP contribution in [0.1, 0.15) is 64.5 Å². The van der Waals surface area contributed by atoms with Crippen molar-refractivity contribution in [3.05, 3.63) is 23.9 Å². The fourth-order valence-electron chi connectivity index (χ4n) is 2.63. The summed E-state index contributed by atoms with van der Waals surface area (Å²) in [6.45, 7) is 8.93. The lowest BCUT2D eigenvalue weighted by Gasteiger charge is -2.28. The third-order valence-corrected chi connectivity index (χ3v) is 4.00. The van der Waals surface area contributed by atoms with E-state index in [-0.39, 0.29) is 0 Å². The molecule has 1 fully saturated rings. The minimum Gasteiger partial charge on any atom is -0.353 e. The molecule has 1 aliphatic rings. The van der Waals surface area contributed by atoms with Crippen LogP contribution < -0.4 is 10.2 Å². The zero-order valence-corrected chi connectivity index (χ0v) is 13.2. The molecule has 1 unspecified atom stereocenters. The lowest BCUT2D eigenvalue weighted by molar-refractivity contribution is 0.565. The van der Waals surface area contributed by atoms with Crippen molar-refractivity contribution in [1.29, 1.82) is 0 Å². The van der Waals surface area contributed by atoms with Gasteiger partial charge in [0.25, 0.3) is 0 Å². The molecule has 0 aromatic carbocycles. The number of anilines is 1. The molecule has 1 aromatic rings. The average Bonchev–Trinajstić information content (AvgIpc) is 3.30. The molecular formula is C17H29N3. The molecule has 0 amide bonds. The maximum atomic E-state index is 4.71. The van der Waals surface area contributed by atoms with E-state index in [0.717, 1.165) is 19.1 Å².